The van der Waals surface area contributed by atoms with Crippen LogP contribution in [0.25, 0.3) is 0 Å². The molecule has 0 bridgehead atoms. The van der Waals surface area contributed by atoms with Gasteiger partial charge in [0.1, 0.15) is 17.4 Å². The van der Waals surface area contributed by atoms with E-state index in [0.29, 0.717) is 5.69 Å². The number of benzene rings is 2. The minimum atomic E-state index is -0.488. The summed E-state index contributed by atoms with van der Waals surface area (Å²) in [4.78, 5) is 11.6. The molecule has 3 nitrogen and oxygen atoms in total. The smallest absolute Gasteiger partial charge is 0.262 e. The summed E-state index contributed by atoms with van der Waals surface area (Å²) in [5, 5.41) is 2.61. The molecule has 0 atom stereocenters. The molecule has 0 fully saturated rings. The molecule has 2 aromatic rings. The van der Waals surface area contributed by atoms with E-state index in [1.54, 1.807) is 0 Å². The van der Waals surface area contributed by atoms with E-state index in [9.17, 15) is 13.6 Å². The number of halogens is 3. The van der Waals surface area contributed by atoms with E-state index >= 15 is 0 Å². The van der Waals surface area contributed by atoms with Crippen LogP contribution >= 0.6 is 11.6 Å². The summed E-state index contributed by atoms with van der Waals surface area (Å²) < 4.78 is 30.7. The zero-order valence-electron chi connectivity index (χ0n) is 10.2. The van der Waals surface area contributed by atoms with Crippen molar-refractivity contribution in [3.05, 3.63) is 59.1 Å². The molecule has 2 rings (SSSR count). The van der Waals surface area contributed by atoms with Crippen LogP contribution in [0.5, 0.6) is 5.75 Å². The van der Waals surface area contributed by atoms with Crippen LogP contribution in [0.3, 0.4) is 0 Å². The van der Waals surface area contributed by atoms with Crippen LogP contribution in [0.4, 0.5) is 14.5 Å². The average molecular weight is 298 g/mol. The number of rotatable bonds is 4. The molecule has 0 aliphatic rings. The Morgan fingerprint density at radius 1 is 1.10 bits per heavy atom. The molecule has 0 radical (unpaired) electrons. The fraction of sp³-hybridized carbons (Fsp3) is 0.0714. The molecule has 1 N–H and O–H groups in total. The van der Waals surface area contributed by atoms with Gasteiger partial charge in [-0.15, -0.1) is 0 Å². The zero-order valence-corrected chi connectivity index (χ0v) is 11.0. The molecular weight excluding hydrogens is 288 g/mol. The Bertz CT molecular complexity index is 617. The third-order valence-electron chi connectivity index (χ3n) is 2.38. The Labute approximate surface area is 119 Å². The summed E-state index contributed by atoms with van der Waals surface area (Å²) in [5.41, 5.74) is 0.449. The maximum absolute atomic E-state index is 12.8. The third kappa shape index (κ3) is 3.93. The first-order valence-electron chi connectivity index (χ1n) is 5.68. The van der Waals surface area contributed by atoms with E-state index in [-0.39, 0.29) is 17.4 Å². The Morgan fingerprint density at radius 2 is 1.75 bits per heavy atom. The van der Waals surface area contributed by atoms with Gasteiger partial charge in [0.25, 0.3) is 5.91 Å². The number of carbonyl (C=O) groups excluding carboxylic acids is 1. The lowest BCUT2D eigenvalue weighted by Gasteiger charge is -2.08. The maximum atomic E-state index is 12.8. The predicted octanol–water partition coefficient (Wildman–Crippen LogP) is 3.64. The van der Waals surface area contributed by atoms with E-state index in [1.165, 1.54) is 36.4 Å². The fourth-order valence-electron chi connectivity index (χ4n) is 1.47. The van der Waals surface area contributed by atoms with E-state index in [0.717, 1.165) is 6.07 Å². The zero-order chi connectivity index (χ0) is 14.5. The number of carbonyl (C=O) groups is 1. The minimum absolute atomic E-state index is 0.0829. The molecule has 6 heteroatoms. The van der Waals surface area contributed by atoms with Gasteiger partial charge in [0.15, 0.2) is 6.61 Å². The quantitative estimate of drug-likeness (QED) is 0.936. The van der Waals surface area contributed by atoms with Gasteiger partial charge < -0.3 is 10.1 Å². The molecule has 0 saturated carbocycles. The minimum Gasteiger partial charge on any atom is -0.482 e. The first-order chi connectivity index (χ1) is 9.54. The summed E-state index contributed by atoms with van der Waals surface area (Å²) in [6, 6.07) is 8.92. The van der Waals surface area contributed by atoms with Gasteiger partial charge in [0.05, 0.1) is 5.02 Å². The van der Waals surface area contributed by atoms with Gasteiger partial charge in [0.2, 0.25) is 0 Å². The molecule has 0 aliphatic carbocycles. The summed E-state index contributed by atoms with van der Waals surface area (Å²) >= 11 is 5.75. The molecule has 1 amide bonds. The number of anilines is 1. The van der Waals surface area contributed by atoms with Crippen molar-refractivity contribution in [2.75, 3.05) is 11.9 Å². The van der Waals surface area contributed by atoms with Crippen molar-refractivity contribution >= 4 is 23.2 Å². The Morgan fingerprint density at radius 3 is 2.40 bits per heavy atom. The molecule has 20 heavy (non-hydrogen) atoms. The predicted molar refractivity (Wildman–Crippen MR) is 71.9 cm³/mol. The number of hydrogen-bond acceptors (Lipinski definition) is 2. The van der Waals surface area contributed by atoms with Crippen LogP contribution < -0.4 is 10.1 Å². The first kappa shape index (κ1) is 14.3. The Hall–Kier alpha value is -2.14. The highest BCUT2D eigenvalue weighted by Crippen LogP contribution is 2.24. The van der Waals surface area contributed by atoms with E-state index in [1.807, 2.05) is 0 Å². The first-order valence-corrected chi connectivity index (χ1v) is 6.05. The van der Waals surface area contributed by atoms with Crippen LogP contribution in [0.1, 0.15) is 0 Å². The third-order valence-corrected chi connectivity index (χ3v) is 2.68. The Balaban J connectivity index is 1.90. The van der Waals surface area contributed by atoms with Crippen molar-refractivity contribution in [3.63, 3.8) is 0 Å². The normalized spacial score (nSPS) is 10.2. The standard InChI is InChI=1S/C14H10ClF2NO2/c15-12-7-10(17)3-6-13(12)20-8-14(19)18-11-4-1-9(16)2-5-11/h1-7H,8H2,(H,18,19). The van der Waals surface area contributed by atoms with E-state index < -0.39 is 17.5 Å². The van der Waals surface area contributed by atoms with Crippen molar-refractivity contribution < 1.29 is 18.3 Å². The molecule has 0 unspecified atom stereocenters. The van der Waals surface area contributed by atoms with Crippen molar-refractivity contribution in [2.24, 2.45) is 0 Å². The Kier molecular flexibility index (Phi) is 4.53. The van der Waals surface area contributed by atoms with Gasteiger partial charge in [-0.05, 0) is 42.5 Å². The van der Waals surface area contributed by atoms with Crippen molar-refractivity contribution in [1.29, 1.82) is 0 Å². The second-order valence-electron chi connectivity index (χ2n) is 3.92. The monoisotopic (exact) mass is 297 g/mol. The van der Waals surface area contributed by atoms with Crippen LogP contribution in [0, 0.1) is 11.6 Å². The van der Waals surface area contributed by atoms with Crippen LogP contribution in [-0.2, 0) is 4.79 Å². The highest BCUT2D eigenvalue weighted by molar-refractivity contribution is 6.32. The van der Waals surface area contributed by atoms with E-state index in [2.05, 4.69) is 5.32 Å². The largest absolute Gasteiger partial charge is 0.482 e. The molecule has 2 aromatic carbocycles. The number of nitrogens with one attached hydrogen (secondary N) is 1. The number of ether oxygens (including phenoxy) is 1. The van der Waals surface area contributed by atoms with Gasteiger partial charge >= 0.3 is 0 Å². The molecule has 0 spiro atoms. The van der Waals surface area contributed by atoms with Gasteiger partial charge in [-0.25, -0.2) is 8.78 Å². The fourth-order valence-corrected chi connectivity index (χ4v) is 1.69. The topological polar surface area (TPSA) is 38.3 Å². The number of amides is 1. The van der Waals surface area contributed by atoms with Gasteiger partial charge in [-0.1, -0.05) is 11.6 Å². The lowest BCUT2D eigenvalue weighted by Crippen LogP contribution is -2.20. The van der Waals surface area contributed by atoms with Crippen molar-refractivity contribution in [1.82, 2.24) is 0 Å². The second kappa shape index (κ2) is 6.34. The molecular formula is C14H10ClF2NO2. The van der Waals surface area contributed by atoms with Crippen LogP contribution in [0.2, 0.25) is 5.02 Å². The molecule has 0 heterocycles. The number of hydrogen-bond donors (Lipinski definition) is 1. The average Bonchev–Trinajstić information content (AvgIpc) is 2.40. The summed E-state index contributed by atoms with van der Waals surface area (Å²) in [7, 11) is 0. The van der Waals surface area contributed by atoms with E-state index in [4.69, 9.17) is 16.3 Å². The molecule has 0 aliphatic heterocycles. The summed E-state index contributed by atoms with van der Waals surface area (Å²) in [6.45, 7) is -0.289. The lowest BCUT2D eigenvalue weighted by molar-refractivity contribution is -0.118. The van der Waals surface area contributed by atoms with Gasteiger partial charge in [0, 0.05) is 5.69 Å². The lowest BCUT2D eigenvalue weighted by atomic mass is 10.3. The van der Waals surface area contributed by atoms with Gasteiger partial charge in [-0.3, -0.25) is 4.79 Å². The highest BCUT2D eigenvalue weighted by Gasteiger charge is 2.07. The maximum Gasteiger partial charge on any atom is 0.262 e. The molecule has 0 saturated heterocycles. The summed E-state index contributed by atoms with van der Waals surface area (Å²) in [5.74, 6) is -1.10. The molecule has 104 valence electrons. The summed E-state index contributed by atoms with van der Waals surface area (Å²) in [6.07, 6.45) is 0. The van der Waals surface area contributed by atoms with Crippen molar-refractivity contribution in [2.45, 2.75) is 0 Å². The second-order valence-corrected chi connectivity index (χ2v) is 4.33. The SMILES string of the molecule is O=C(COc1ccc(F)cc1Cl)Nc1ccc(F)cc1. The van der Waals surface area contributed by atoms with Crippen molar-refractivity contribution in [3.8, 4) is 5.75 Å². The van der Waals surface area contributed by atoms with Crippen LogP contribution in [0.15, 0.2) is 42.5 Å². The van der Waals surface area contributed by atoms with Crippen LogP contribution in [-0.4, -0.2) is 12.5 Å². The van der Waals surface area contributed by atoms with Gasteiger partial charge in [-0.2, -0.15) is 0 Å². The highest BCUT2D eigenvalue weighted by atomic mass is 35.5. The molecule has 0 aromatic heterocycles.